The van der Waals surface area contributed by atoms with Crippen molar-refractivity contribution in [2.24, 2.45) is 0 Å². The zero-order chi connectivity index (χ0) is 23.0. The van der Waals surface area contributed by atoms with E-state index < -0.39 is 10.0 Å². The van der Waals surface area contributed by atoms with Crippen LogP contribution in [0.2, 0.25) is 0 Å². The summed E-state index contributed by atoms with van der Waals surface area (Å²) in [4.78, 5) is 24.8. The second kappa shape index (κ2) is 10.8. The number of carbonyl (C=O) groups excluding carboxylic acids is 2. The Hall–Kier alpha value is -3.07. The maximum Gasteiger partial charge on any atom is 0.253 e. The third-order valence-corrected chi connectivity index (χ3v) is 5.59. The van der Waals surface area contributed by atoms with Gasteiger partial charge in [-0.3, -0.25) is 13.9 Å². The van der Waals surface area contributed by atoms with Gasteiger partial charge in [0, 0.05) is 19.0 Å². The second-order valence-corrected chi connectivity index (χ2v) is 9.27. The highest BCUT2D eigenvalue weighted by atomic mass is 32.2. The molecule has 2 N–H and O–H groups in total. The van der Waals surface area contributed by atoms with Gasteiger partial charge in [-0.2, -0.15) is 0 Å². The van der Waals surface area contributed by atoms with Crippen LogP contribution < -0.4 is 19.7 Å². The summed E-state index contributed by atoms with van der Waals surface area (Å²) in [7, 11) is -1.98. The molecule has 0 aliphatic rings. The molecule has 2 rings (SSSR count). The molecule has 0 fully saturated rings. The van der Waals surface area contributed by atoms with E-state index in [1.807, 2.05) is 13.8 Å². The van der Waals surface area contributed by atoms with Gasteiger partial charge in [0.15, 0.2) is 0 Å². The molecule has 8 nitrogen and oxygen atoms in total. The first-order chi connectivity index (χ1) is 14.6. The summed E-state index contributed by atoms with van der Waals surface area (Å²) in [6.45, 7) is 3.86. The van der Waals surface area contributed by atoms with Crippen molar-refractivity contribution >= 4 is 33.2 Å². The minimum absolute atomic E-state index is 0.0313. The number of anilines is 2. The van der Waals surface area contributed by atoms with Gasteiger partial charge in [-0.15, -0.1) is 0 Å². The first-order valence-electron chi connectivity index (χ1n) is 9.93. The van der Waals surface area contributed by atoms with Crippen LogP contribution >= 0.6 is 0 Å². The topological polar surface area (TPSA) is 105 Å². The minimum Gasteiger partial charge on any atom is -0.497 e. The Morgan fingerprint density at radius 2 is 1.71 bits per heavy atom. The second-order valence-electron chi connectivity index (χ2n) is 7.36. The molecule has 0 aliphatic carbocycles. The molecule has 2 aromatic carbocycles. The van der Waals surface area contributed by atoms with E-state index in [1.165, 1.54) is 11.4 Å². The van der Waals surface area contributed by atoms with Gasteiger partial charge in [0.1, 0.15) is 5.75 Å². The van der Waals surface area contributed by atoms with E-state index in [0.717, 1.165) is 6.26 Å². The number of methoxy groups -OCH3 is 1. The highest BCUT2D eigenvalue weighted by molar-refractivity contribution is 7.92. The fourth-order valence-electron chi connectivity index (χ4n) is 2.96. The van der Waals surface area contributed by atoms with Crippen LogP contribution in [0.3, 0.4) is 0 Å². The molecule has 0 bridgehead atoms. The zero-order valence-electron chi connectivity index (χ0n) is 18.2. The molecule has 0 atom stereocenters. The van der Waals surface area contributed by atoms with Crippen LogP contribution in [0.25, 0.3) is 0 Å². The van der Waals surface area contributed by atoms with E-state index in [1.54, 1.807) is 48.5 Å². The zero-order valence-corrected chi connectivity index (χ0v) is 19.0. The number of ether oxygens (including phenoxy) is 1. The summed E-state index contributed by atoms with van der Waals surface area (Å²) in [5.41, 5.74) is 1.29. The summed E-state index contributed by atoms with van der Waals surface area (Å²) < 4.78 is 30.8. The van der Waals surface area contributed by atoms with Gasteiger partial charge >= 0.3 is 0 Å². The predicted molar refractivity (Wildman–Crippen MR) is 122 cm³/mol. The van der Waals surface area contributed by atoms with Crippen molar-refractivity contribution in [2.45, 2.75) is 32.7 Å². The van der Waals surface area contributed by atoms with E-state index in [0.29, 0.717) is 29.1 Å². The van der Waals surface area contributed by atoms with Crippen molar-refractivity contribution < 1.29 is 22.7 Å². The number of para-hydroxylation sites is 1. The van der Waals surface area contributed by atoms with E-state index >= 15 is 0 Å². The van der Waals surface area contributed by atoms with Crippen molar-refractivity contribution in [2.75, 3.05) is 29.5 Å². The number of sulfonamides is 1. The highest BCUT2D eigenvalue weighted by Gasteiger charge is 2.18. The number of nitrogens with one attached hydrogen (secondary N) is 2. The quantitative estimate of drug-likeness (QED) is 0.583. The van der Waals surface area contributed by atoms with Crippen molar-refractivity contribution in [3.05, 3.63) is 54.1 Å². The molecule has 31 heavy (non-hydrogen) atoms. The van der Waals surface area contributed by atoms with Crippen molar-refractivity contribution in [1.82, 2.24) is 5.32 Å². The molecule has 0 aromatic heterocycles. The van der Waals surface area contributed by atoms with Crippen molar-refractivity contribution in [3.63, 3.8) is 0 Å². The van der Waals surface area contributed by atoms with Crippen LogP contribution in [0.5, 0.6) is 5.75 Å². The molecule has 0 saturated heterocycles. The monoisotopic (exact) mass is 447 g/mol. The Morgan fingerprint density at radius 3 is 2.29 bits per heavy atom. The third-order valence-electron chi connectivity index (χ3n) is 4.39. The average Bonchev–Trinajstić information content (AvgIpc) is 2.70. The smallest absolute Gasteiger partial charge is 0.253 e. The SMILES string of the molecule is COc1ccc(N(CCCC(=O)Nc2ccccc2C(=O)NC(C)C)S(C)(=O)=O)cc1. The van der Waals surface area contributed by atoms with Crippen molar-refractivity contribution in [3.8, 4) is 5.75 Å². The van der Waals surface area contributed by atoms with E-state index in [2.05, 4.69) is 10.6 Å². The predicted octanol–water partition coefficient (Wildman–Crippen LogP) is 3.02. The van der Waals surface area contributed by atoms with Gasteiger partial charge in [-0.05, 0) is 56.7 Å². The van der Waals surface area contributed by atoms with Crippen LogP contribution in [-0.4, -0.2) is 46.2 Å². The normalized spacial score (nSPS) is 11.1. The number of rotatable bonds is 10. The largest absolute Gasteiger partial charge is 0.497 e. The number of benzene rings is 2. The first-order valence-corrected chi connectivity index (χ1v) is 11.8. The lowest BCUT2D eigenvalue weighted by Crippen LogP contribution is -2.32. The van der Waals surface area contributed by atoms with Crippen LogP contribution in [0.4, 0.5) is 11.4 Å². The molecule has 2 amide bonds. The van der Waals surface area contributed by atoms with Gasteiger partial charge in [-0.1, -0.05) is 12.1 Å². The van der Waals surface area contributed by atoms with Gasteiger partial charge < -0.3 is 15.4 Å². The lowest BCUT2D eigenvalue weighted by atomic mass is 10.1. The Balaban J connectivity index is 2.01. The molecule has 2 aromatic rings. The van der Waals surface area contributed by atoms with Gasteiger partial charge in [0.2, 0.25) is 15.9 Å². The molecular formula is C22H29N3O5S. The summed E-state index contributed by atoms with van der Waals surface area (Å²) in [6, 6.07) is 13.4. The summed E-state index contributed by atoms with van der Waals surface area (Å²) in [5, 5.41) is 5.55. The molecule has 0 saturated carbocycles. The van der Waals surface area contributed by atoms with Gasteiger partial charge in [0.05, 0.1) is 30.3 Å². The number of hydrogen-bond acceptors (Lipinski definition) is 5. The third kappa shape index (κ3) is 7.29. The van der Waals surface area contributed by atoms with Crippen LogP contribution in [0.15, 0.2) is 48.5 Å². The Bertz CT molecular complexity index is 1000. The average molecular weight is 448 g/mol. The Kier molecular flexibility index (Phi) is 8.44. The lowest BCUT2D eigenvalue weighted by Gasteiger charge is -2.22. The molecule has 0 unspecified atom stereocenters. The van der Waals surface area contributed by atoms with E-state index in [9.17, 15) is 18.0 Å². The summed E-state index contributed by atoms with van der Waals surface area (Å²) in [6.07, 6.45) is 1.54. The highest BCUT2D eigenvalue weighted by Crippen LogP contribution is 2.22. The van der Waals surface area contributed by atoms with Gasteiger partial charge in [0.25, 0.3) is 5.91 Å². The molecule has 0 radical (unpaired) electrons. The standard InChI is InChI=1S/C22H29N3O5S/c1-16(2)23-22(27)19-8-5-6-9-20(19)24-21(26)10-7-15-25(31(4,28)29)17-11-13-18(30-3)14-12-17/h5-6,8-9,11-14,16H,7,10,15H2,1-4H3,(H,23,27)(H,24,26). The van der Waals surface area contributed by atoms with Crippen molar-refractivity contribution in [1.29, 1.82) is 0 Å². The number of amides is 2. The maximum atomic E-state index is 12.4. The summed E-state index contributed by atoms with van der Waals surface area (Å²) in [5.74, 6) is 0.0541. The number of hydrogen-bond donors (Lipinski definition) is 2. The molecule has 9 heteroatoms. The fourth-order valence-corrected chi connectivity index (χ4v) is 3.93. The first kappa shape index (κ1) is 24.2. The fraction of sp³-hybridized carbons (Fsp3) is 0.364. The summed E-state index contributed by atoms with van der Waals surface area (Å²) >= 11 is 0. The van der Waals surface area contributed by atoms with Gasteiger partial charge in [-0.25, -0.2) is 8.42 Å². The molecule has 168 valence electrons. The lowest BCUT2D eigenvalue weighted by molar-refractivity contribution is -0.116. The van der Waals surface area contributed by atoms with Crippen LogP contribution in [-0.2, 0) is 14.8 Å². The Morgan fingerprint density at radius 1 is 1.06 bits per heavy atom. The van der Waals surface area contributed by atoms with E-state index in [-0.39, 0.29) is 30.8 Å². The molecular weight excluding hydrogens is 418 g/mol. The van der Waals surface area contributed by atoms with E-state index in [4.69, 9.17) is 4.74 Å². The Labute approximate surface area is 183 Å². The van der Waals surface area contributed by atoms with Crippen LogP contribution in [0.1, 0.15) is 37.0 Å². The maximum absolute atomic E-state index is 12.4. The molecule has 0 heterocycles. The number of nitrogens with zero attached hydrogens (tertiary/aromatic N) is 1. The number of carbonyl (C=O) groups is 2. The minimum atomic E-state index is -3.52. The molecule has 0 spiro atoms. The van der Waals surface area contributed by atoms with Crippen LogP contribution in [0, 0.1) is 0 Å². The molecule has 0 aliphatic heterocycles.